The quantitative estimate of drug-likeness (QED) is 0.216. The molecular weight excluding hydrogens is 295 g/mol. The van der Waals surface area contributed by atoms with Gasteiger partial charge in [0.15, 0.2) is 0 Å². The molecule has 2 rings (SSSR count). The number of unbranched alkanes of at least 4 members (excludes halogenated alkanes) is 3. The SMILES string of the molecule is CCCCCCC(C)P(CCC1CCCCC1)[C@H]1C=CCCC1. The molecule has 0 aliphatic heterocycles. The van der Waals surface area contributed by atoms with E-state index in [9.17, 15) is 0 Å². The van der Waals surface area contributed by atoms with Gasteiger partial charge >= 0.3 is 0 Å². The third-order valence-electron chi connectivity index (χ3n) is 6.22. The van der Waals surface area contributed by atoms with Gasteiger partial charge < -0.3 is 0 Å². The Hall–Kier alpha value is 0.170. The highest BCUT2D eigenvalue weighted by Crippen LogP contribution is 2.52. The van der Waals surface area contributed by atoms with Gasteiger partial charge in [0.25, 0.3) is 0 Å². The summed E-state index contributed by atoms with van der Waals surface area (Å²) in [6.07, 6.45) is 27.4. The molecule has 1 saturated carbocycles. The molecule has 0 aromatic heterocycles. The second kappa shape index (κ2) is 11.7. The van der Waals surface area contributed by atoms with Crippen LogP contribution in [-0.2, 0) is 0 Å². The van der Waals surface area contributed by atoms with Crippen LogP contribution in [0.15, 0.2) is 12.2 Å². The highest BCUT2D eigenvalue weighted by Gasteiger charge is 2.26. The molecule has 2 aliphatic rings. The van der Waals surface area contributed by atoms with E-state index in [2.05, 4.69) is 26.0 Å². The Morgan fingerprint density at radius 3 is 2.52 bits per heavy atom. The molecule has 0 aromatic rings. The van der Waals surface area contributed by atoms with Crippen LogP contribution in [0.1, 0.15) is 104 Å². The number of rotatable bonds is 10. The zero-order chi connectivity index (χ0) is 16.3. The van der Waals surface area contributed by atoms with Crippen LogP contribution in [0, 0.1) is 5.92 Å². The first kappa shape index (κ1) is 19.5. The molecule has 2 unspecified atom stereocenters. The zero-order valence-corrected chi connectivity index (χ0v) is 16.8. The smallest absolute Gasteiger partial charge is 0.00271 e. The molecule has 1 fully saturated rings. The van der Waals surface area contributed by atoms with Crippen molar-refractivity contribution < 1.29 is 0 Å². The van der Waals surface area contributed by atoms with E-state index in [0.717, 1.165) is 17.2 Å². The predicted octanol–water partition coefficient (Wildman–Crippen LogP) is 7.91. The Kier molecular flexibility index (Phi) is 9.90. The van der Waals surface area contributed by atoms with Gasteiger partial charge in [-0.15, -0.1) is 0 Å². The molecule has 0 bridgehead atoms. The second-order valence-electron chi connectivity index (χ2n) is 8.16. The number of hydrogen-bond donors (Lipinski definition) is 0. The molecular formula is C22H41P. The molecule has 0 N–H and O–H groups in total. The van der Waals surface area contributed by atoms with Crippen LogP contribution in [0.4, 0.5) is 0 Å². The minimum Gasteiger partial charge on any atom is -0.0967 e. The third-order valence-corrected chi connectivity index (χ3v) is 9.66. The molecule has 0 aromatic carbocycles. The topological polar surface area (TPSA) is 0 Å². The standard InChI is InChI=1S/C22H41P/c1-3-4-5-8-13-20(2)23(22-16-11-7-12-17-22)19-18-21-14-9-6-10-15-21/h11,16,20-22H,3-10,12-15,17-19H2,1-2H3/t20?,22-,23?/m0/s1. The summed E-state index contributed by atoms with van der Waals surface area (Å²) in [6.45, 7) is 4.92. The van der Waals surface area contributed by atoms with Gasteiger partial charge in [-0.3, -0.25) is 0 Å². The molecule has 0 amide bonds. The number of hydrogen-bond acceptors (Lipinski definition) is 0. The van der Waals surface area contributed by atoms with Crippen molar-refractivity contribution in [2.24, 2.45) is 5.92 Å². The first-order chi connectivity index (χ1) is 11.3. The van der Waals surface area contributed by atoms with E-state index in [1.165, 1.54) is 83.5 Å². The summed E-state index contributed by atoms with van der Waals surface area (Å²) in [5.74, 6) is 1.08. The van der Waals surface area contributed by atoms with Crippen LogP contribution in [0.2, 0.25) is 0 Å². The van der Waals surface area contributed by atoms with Crippen molar-refractivity contribution in [3.05, 3.63) is 12.2 Å². The van der Waals surface area contributed by atoms with Crippen LogP contribution in [0.3, 0.4) is 0 Å². The molecule has 0 saturated heterocycles. The maximum absolute atomic E-state index is 2.62. The van der Waals surface area contributed by atoms with Crippen molar-refractivity contribution in [3.8, 4) is 0 Å². The van der Waals surface area contributed by atoms with Crippen LogP contribution in [0.25, 0.3) is 0 Å². The lowest BCUT2D eigenvalue weighted by Crippen LogP contribution is -2.17. The molecule has 3 atom stereocenters. The van der Waals surface area contributed by atoms with Gasteiger partial charge in [-0.05, 0) is 55.5 Å². The van der Waals surface area contributed by atoms with Crippen LogP contribution < -0.4 is 0 Å². The van der Waals surface area contributed by atoms with Gasteiger partial charge in [-0.25, -0.2) is 0 Å². The van der Waals surface area contributed by atoms with Gasteiger partial charge in [-0.1, -0.05) is 91.7 Å². The Morgan fingerprint density at radius 1 is 1.00 bits per heavy atom. The van der Waals surface area contributed by atoms with Gasteiger partial charge in [-0.2, -0.15) is 0 Å². The largest absolute Gasteiger partial charge is 0.0967 e. The molecule has 0 heterocycles. The van der Waals surface area contributed by atoms with E-state index in [1.807, 2.05) is 0 Å². The van der Waals surface area contributed by atoms with Crippen molar-refractivity contribution in [3.63, 3.8) is 0 Å². The van der Waals surface area contributed by atoms with Crippen LogP contribution >= 0.6 is 7.92 Å². The minimum atomic E-state index is 0.227. The Labute approximate surface area is 147 Å². The van der Waals surface area contributed by atoms with Gasteiger partial charge in [0.05, 0.1) is 0 Å². The fourth-order valence-electron chi connectivity index (χ4n) is 4.62. The molecule has 1 heteroatoms. The maximum Gasteiger partial charge on any atom is -0.00271 e. The van der Waals surface area contributed by atoms with E-state index < -0.39 is 0 Å². The summed E-state index contributed by atoms with van der Waals surface area (Å²) in [5, 5.41) is 0. The van der Waals surface area contributed by atoms with Crippen molar-refractivity contribution in [2.75, 3.05) is 6.16 Å². The van der Waals surface area contributed by atoms with Crippen molar-refractivity contribution >= 4 is 7.92 Å². The van der Waals surface area contributed by atoms with Crippen molar-refractivity contribution in [1.82, 2.24) is 0 Å². The summed E-state index contributed by atoms with van der Waals surface area (Å²) in [4.78, 5) is 0. The van der Waals surface area contributed by atoms with Crippen molar-refractivity contribution in [1.29, 1.82) is 0 Å². The lowest BCUT2D eigenvalue weighted by Gasteiger charge is -2.34. The predicted molar refractivity (Wildman–Crippen MR) is 108 cm³/mol. The first-order valence-electron chi connectivity index (χ1n) is 10.7. The van der Waals surface area contributed by atoms with Crippen LogP contribution in [-0.4, -0.2) is 17.5 Å². The second-order valence-corrected chi connectivity index (χ2v) is 11.2. The van der Waals surface area contributed by atoms with Crippen molar-refractivity contribution in [2.45, 2.75) is 115 Å². The Morgan fingerprint density at radius 2 is 1.83 bits per heavy atom. The summed E-state index contributed by atoms with van der Waals surface area (Å²) >= 11 is 0. The fourth-order valence-corrected chi connectivity index (χ4v) is 8.08. The minimum absolute atomic E-state index is 0.227. The highest BCUT2D eigenvalue weighted by molar-refractivity contribution is 7.59. The Bertz CT molecular complexity index is 316. The average Bonchev–Trinajstić information content (AvgIpc) is 2.61. The lowest BCUT2D eigenvalue weighted by molar-refractivity contribution is 0.350. The van der Waals surface area contributed by atoms with E-state index in [1.54, 1.807) is 12.6 Å². The van der Waals surface area contributed by atoms with Gasteiger partial charge in [0, 0.05) is 0 Å². The zero-order valence-electron chi connectivity index (χ0n) is 15.9. The van der Waals surface area contributed by atoms with Crippen LogP contribution in [0.5, 0.6) is 0 Å². The first-order valence-corrected chi connectivity index (χ1v) is 12.4. The molecule has 0 spiro atoms. The van der Waals surface area contributed by atoms with E-state index >= 15 is 0 Å². The summed E-state index contributed by atoms with van der Waals surface area (Å²) in [6, 6.07) is 0. The molecule has 23 heavy (non-hydrogen) atoms. The van der Waals surface area contributed by atoms with E-state index in [0.29, 0.717) is 0 Å². The molecule has 134 valence electrons. The van der Waals surface area contributed by atoms with E-state index in [4.69, 9.17) is 0 Å². The Balaban J connectivity index is 1.82. The summed E-state index contributed by atoms with van der Waals surface area (Å²) in [7, 11) is 0.227. The summed E-state index contributed by atoms with van der Waals surface area (Å²) < 4.78 is 0. The third kappa shape index (κ3) is 7.29. The lowest BCUT2D eigenvalue weighted by atomic mass is 9.88. The fraction of sp³-hybridized carbons (Fsp3) is 0.909. The van der Waals surface area contributed by atoms with Gasteiger partial charge in [0.2, 0.25) is 0 Å². The van der Waals surface area contributed by atoms with Gasteiger partial charge in [0.1, 0.15) is 0 Å². The molecule has 0 radical (unpaired) electrons. The highest BCUT2D eigenvalue weighted by atomic mass is 31.1. The maximum atomic E-state index is 2.62. The number of allylic oxidation sites excluding steroid dienone is 2. The summed E-state index contributed by atoms with van der Waals surface area (Å²) in [5.41, 5.74) is 1.96. The molecule has 2 aliphatic carbocycles. The normalized spacial score (nSPS) is 25.4. The monoisotopic (exact) mass is 336 g/mol. The average molecular weight is 337 g/mol. The molecule has 0 nitrogen and oxygen atoms in total. The van der Waals surface area contributed by atoms with E-state index in [-0.39, 0.29) is 7.92 Å².